The second kappa shape index (κ2) is 5.72. The first-order valence-corrected chi connectivity index (χ1v) is 7.08. The average molecular weight is 282 g/mol. The molecule has 2 heteroatoms. The number of aryl methyl sites for hydroxylation is 1. The van der Waals surface area contributed by atoms with Crippen LogP contribution in [0.4, 0.5) is 5.69 Å². The maximum atomic E-state index is 3.70. The number of rotatable bonds is 2. The minimum atomic E-state index is 0.676. The highest BCUT2D eigenvalue weighted by atomic mass is 79.9. The summed E-state index contributed by atoms with van der Waals surface area (Å²) in [7, 11) is 0. The predicted octanol–water partition coefficient (Wildman–Crippen LogP) is 4.89. The summed E-state index contributed by atoms with van der Waals surface area (Å²) in [5.74, 6) is 0. The maximum absolute atomic E-state index is 3.70. The summed E-state index contributed by atoms with van der Waals surface area (Å²) in [5, 5.41) is 3.70. The van der Waals surface area contributed by atoms with Crippen LogP contribution >= 0.6 is 15.9 Å². The maximum Gasteiger partial charge on any atom is 0.0383 e. The monoisotopic (exact) mass is 281 g/mol. The molecule has 0 aromatic heterocycles. The fourth-order valence-corrected chi connectivity index (χ4v) is 2.75. The normalized spacial score (nSPS) is 18.1. The number of benzene rings is 1. The van der Waals surface area contributed by atoms with Gasteiger partial charge < -0.3 is 5.32 Å². The van der Waals surface area contributed by atoms with Crippen molar-refractivity contribution in [2.24, 2.45) is 0 Å². The second-order valence-electron chi connectivity index (χ2n) is 4.79. The van der Waals surface area contributed by atoms with Crippen molar-refractivity contribution in [3.8, 4) is 0 Å². The van der Waals surface area contributed by atoms with Crippen LogP contribution in [0.5, 0.6) is 0 Å². The molecule has 0 heterocycles. The van der Waals surface area contributed by atoms with Crippen LogP contribution in [0.2, 0.25) is 0 Å². The van der Waals surface area contributed by atoms with Crippen molar-refractivity contribution in [3.63, 3.8) is 0 Å². The first kappa shape index (κ1) is 12.0. The fraction of sp³-hybridized carbons (Fsp3) is 0.571. The predicted molar refractivity (Wildman–Crippen MR) is 74.0 cm³/mol. The summed E-state index contributed by atoms with van der Waals surface area (Å²) in [6.07, 6.45) is 8.23. The molecule has 0 saturated heterocycles. The van der Waals surface area contributed by atoms with Gasteiger partial charge in [0.05, 0.1) is 0 Å². The lowest BCUT2D eigenvalue weighted by atomic mass is 10.1. The third-order valence-electron chi connectivity index (χ3n) is 3.41. The Morgan fingerprint density at radius 1 is 1.12 bits per heavy atom. The lowest BCUT2D eigenvalue weighted by molar-refractivity contribution is 0.619. The zero-order valence-corrected chi connectivity index (χ0v) is 11.5. The highest BCUT2D eigenvalue weighted by Crippen LogP contribution is 2.25. The quantitative estimate of drug-likeness (QED) is 0.761. The van der Waals surface area contributed by atoms with Gasteiger partial charge >= 0.3 is 0 Å². The van der Waals surface area contributed by atoms with Crippen molar-refractivity contribution in [3.05, 3.63) is 28.2 Å². The van der Waals surface area contributed by atoms with Crippen LogP contribution in [0.25, 0.3) is 0 Å². The third kappa shape index (κ3) is 3.24. The summed E-state index contributed by atoms with van der Waals surface area (Å²) in [5.41, 5.74) is 2.63. The molecule has 1 aliphatic rings. The second-order valence-corrected chi connectivity index (χ2v) is 5.71. The SMILES string of the molecule is Cc1ccc(Br)cc1NC1CCCCCC1. The fourth-order valence-electron chi connectivity index (χ4n) is 2.39. The summed E-state index contributed by atoms with van der Waals surface area (Å²) >= 11 is 3.54. The van der Waals surface area contributed by atoms with Crippen LogP contribution in [0.1, 0.15) is 44.1 Å². The minimum absolute atomic E-state index is 0.676. The lowest BCUT2D eigenvalue weighted by Gasteiger charge is -2.19. The van der Waals surface area contributed by atoms with E-state index in [1.54, 1.807) is 0 Å². The van der Waals surface area contributed by atoms with E-state index in [-0.39, 0.29) is 0 Å². The van der Waals surface area contributed by atoms with Gasteiger partial charge in [-0.05, 0) is 37.5 Å². The standard InChI is InChI=1S/C14H20BrN/c1-11-8-9-12(15)10-14(11)16-13-6-4-2-3-5-7-13/h8-10,13,16H,2-7H2,1H3. The van der Waals surface area contributed by atoms with E-state index in [0.29, 0.717) is 6.04 Å². The Labute approximate surface area is 107 Å². The molecule has 0 amide bonds. The number of halogens is 1. The highest BCUT2D eigenvalue weighted by molar-refractivity contribution is 9.10. The molecule has 16 heavy (non-hydrogen) atoms. The molecule has 0 bridgehead atoms. The van der Waals surface area contributed by atoms with Crippen LogP contribution in [-0.2, 0) is 0 Å². The van der Waals surface area contributed by atoms with Crippen LogP contribution in [-0.4, -0.2) is 6.04 Å². The topological polar surface area (TPSA) is 12.0 Å². The Kier molecular flexibility index (Phi) is 4.28. The third-order valence-corrected chi connectivity index (χ3v) is 3.91. The van der Waals surface area contributed by atoms with Crippen molar-refractivity contribution < 1.29 is 0 Å². The van der Waals surface area contributed by atoms with Gasteiger partial charge in [-0.15, -0.1) is 0 Å². The van der Waals surface area contributed by atoms with Gasteiger partial charge in [-0.2, -0.15) is 0 Å². The van der Waals surface area contributed by atoms with E-state index in [4.69, 9.17) is 0 Å². The van der Waals surface area contributed by atoms with Gasteiger partial charge in [-0.1, -0.05) is 47.7 Å². The van der Waals surface area contributed by atoms with Crippen LogP contribution in [0.3, 0.4) is 0 Å². The molecule has 1 N–H and O–H groups in total. The Bertz CT molecular complexity index is 341. The van der Waals surface area contributed by atoms with E-state index in [2.05, 4.69) is 46.4 Å². The van der Waals surface area contributed by atoms with Crippen LogP contribution in [0.15, 0.2) is 22.7 Å². The summed E-state index contributed by atoms with van der Waals surface area (Å²) in [4.78, 5) is 0. The zero-order valence-electron chi connectivity index (χ0n) is 9.93. The summed E-state index contributed by atoms with van der Waals surface area (Å²) in [6, 6.07) is 7.15. The van der Waals surface area contributed by atoms with Crippen molar-refractivity contribution in [2.45, 2.75) is 51.5 Å². The number of nitrogens with one attached hydrogen (secondary N) is 1. The van der Waals surface area contributed by atoms with Crippen molar-refractivity contribution in [1.82, 2.24) is 0 Å². The van der Waals surface area contributed by atoms with Gasteiger partial charge in [-0.3, -0.25) is 0 Å². The molecule has 1 saturated carbocycles. The molecular weight excluding hydrogens is 262 g/mol. The molecular formula is C14H20BrN. The van der Waals surface area contributed by atoms with Crippen molar-refractivity contribution >= 4 is 21.6 Å². The highest BCUT2D eigenvalue weighted by Gasteiger charge is 2.12. The molecule has 1 nitrogen and oxygen atoms in total. The Morgan fingerprint density at radius 2 is 1.81 bits per heavy atom. The summed E-state index contributed by atoms with van der Waals surface area (Å²) in [6.45, 7) is 2.17. The van der Waals surface area contributed by atoms with Gasteiger partial charge in [-0.25, -0.2) is 0 Å². The molecule has 0 spiro atoms. The molecule has 88 valence electrons. The molecule has 1 fully saturated rings. The molecule has 0 radical (unpaired) electrons. The van der Waals surface area contributed by atoms with E-state index in [9.17, 15) is 0 Å². The van der Waals surface area contributed by atoms with E-state index in [1.807, 2.05) is 0 Å². The van der Waals surface area contributed by atoms with E-state index < -0.39 is 0 Å². The lowest BCUT2D eigenvalue weighted by Crippen LogP contribution is -2.18. The Balaban J connectivity index is 2.04. The van der Waals surface area contributed by atoms with Gasteiger partial charge in [0.1, 0.15) is 0 Å². The van der Waals surface area contributed by atoms with Gasteiger partial charge in [0.15, 0.2) is 0 Å². The molecule has 1 aliphatic carbocycles. The van der Waals surface area contributed by atoms with Crippen LogP contribution in [0, 0.1) is 6.92 Å². The summed E-state index contributed by atoms with van der Waals surface area (Å²) < 4.78 is 1.16. The number of hydrogen-bond donors (Lipinski definition) is 1. The van der Waals surface area contributed by atoms with E-state index in [1.165, 1.54) is 49.8 Å². The zero-order chi connectivity index (χ0) is 11.4. The molecule has 1 aromatic rings. The van der Waals surface area contributed by atoms with Crippen LogP contribution < -0.4 is 5.32 Å². The largest absolute Gasteiger partial charge is 0.382 e. The smallest absolute Gasteiger partial charge is 0.0383 e. The Hall–Kier alpha value is -0.500. The number of hydrogen-bond acceptors (Lipinski definition) is 1. The van der Waals surface area contributed by atoms with E-state index in [0.717, 1.165) is 4.47 Å². The molecule has 1 aromatic carbocycles. The van der Waals surface area contributed by atoms with Gasteiger partial charge in [0, 0.05) is 16.2 Å². The van der Waals surface area contributed by atoms with Crippen molar-refractivity contribution in [2.75, 3.05) is 5.32 Å². The number of anilines is 1. The minimum Gasteiger partial charge on any atom is -0.382 e. The molecule has 2 rings (SSSR count). The Morgan fingerprint density at radius 3 is 2.50 bits per heavy atom. The van der Waals surface area contributed by atoms with E-state index >= 15 is 0 Å². The average Bonchev–Trinajstić information content (AvgIpc) is 2.52. The van der Waals surface area contributed by atoms with Crippen molar-refractivity contribution in [1.29, 1.82) is 0 Å². The van der Waals surface area contributed by atoms with Gasteiger partial charge in [0.2, 0.25) is 0 Å². The molecule has 0 aliphatic heterocycles. The first-order valence-electron chi connectivity index (χ1n) is 6.28. The first-order chi connectivity index (χ1) is 7.75. The molecule has 0 unspecified atom stereocenters. The molecule has 0 atom stereocenters. The van der Waals surface area contributed by atoms with Gasteiger partial charge in [0.25, 0.3) is 0 Å².